The van der Waals surface area contributed by atoms with Gasteiger partial charge in [-0.05, 0) is 18.8 Å². The molecule has 56 valence electrons. The molecule has 0 aromatic rings. The van der Waals surface area contributed by atoms with E-state index in [1.807, 2.05) is 11.8 Å². The van der Waals surface area contributed by atoms with Gasteiger partial charge in [-0.1, -0.05) is 12.2 Å². The number of rotatable bonds is 1. The monoisotopic (exact) mass is 156 g/mol. The van der Waals surface area contributed by atoms with Crippen LogP contribution in [0.5, 0.6) is 0 Å². The van der Waals surface area contributed by atoms with Crippen molar-refractivity contribution in [1.29, 1.82) is 0 Å². The van der Waals surface area contributed by atoms with Crippen molar-refractivity contribution >= 4 is 11.8 Å². The van der Waals surface area contributed by atoms with E-state index < -0.39 is 0 Å². The fourth-order valence-electron chi connectivity index (χ4n) is 1.74. The fraction of sp³-hybridized carbons (Fsp3) is 0.750. The minimum Gasteiger partial charge on any atom is -0.395 e. The first-order valence-corrected chi connectivity index (χ1v) is 4.79. The summed E-state index contributed by atoms with van der Waals surface area (Å²) >= 11 is 1.94. The van der Waals surface area contributed by atoms with Crippen LogP contribution < -0.4 is 0 Å². The first-order chi connectivity index (χ1) is 4.90. The van der Waals surface area contributed by atoms with E-state index in [1.54, 1.807) is 0 Å². The quantitative estimate of drug-likeness (QED) is 0.579. The molecule has 1 N–H and O–H groups in total. The minimum atomic E-state index is 0.357. The molecule has 3 aliphatic rings. The summed E-state index contributed by atoms with van der Waals surface area (Å²) in [4.78, 5) is 0. The Morgan fingerprint density at radius 2 is 2.30 bits per heavy atom. The van der Waals surface area contributed by atoms with Crippen LogP contribution in [0, 0.1) is 5.92 Å². The zero-order valence-electron chi connectivity index (χ0n) is 5.86. The molecule has 1 fully saturated rings. The Balaban J connectivity index is 2.11. The molecule has 0 spiro atoms. The zero-order chi connectivity index (χ0) is 6.97. The summed E-state index contributed by atoms with van der Waals surface area (Å²) in [6.45, 7) is 0.357. The molecule has 0 amide bonds. The van der Waals surface area contributed by atoms with Crippen LogP contribution in [0.25, 0.3) is 0 Å². The van der Waals surface area contributed by atoms with Gasteiger partial charge in [0.15, 0.2) is 0 Å². The van der Waals surface area contributed by atoms with Gasteiger partial charge in [-0.2, -0.15) is 0 Å². The van der Waals surface area contributed by atoms with E-state index in [4.69, 9.17) is 5.11 Å². The van der Waals surface area contributed by atoms with E-state index >= 15 is 0 Å². The summed E-state index contributed by atoms with van der Waals surface area (Å²) in [6.07, 6.45) is 7.19. The van der Waals surface area contributed by atoms with Crippen LogP contribution >= 0.6 is 11.8 Å². The van der Waals surface area contributed by atoms with Gasteiger partial charge in [-0.25, -0.2) is 0 Å². The number of hydrogen-bond donors (Lipinski definition) is 1. The number of thioether (sulfide) groups is 1. The van der Waals surface area contributed by atoms with Crippen LogP contribution in [0.4, 0.5) is 0 Å². The van der Waals surface area contributed by atoms with Crippen molar-refractivity contribution in [3.05, 3.63) is 12.2 Å². The van der Waals surface area contributed by atoms with E-state index in [0.717, 1.165) is 0 Å². The number of allylic oxidation sites excluding steroid dienone is 1. The lowest BCUT2D eigenvalue weighted by Crippen LogP contribution is -2.31. The van der Waals surface area contributed by atoms with Crippen molar-refractivity contribution in [1.82, 2.24) is 0 Å². The Hall–Kier alpha value is 0.0500. The SMILES string of the molecule is OCC1SC2C=CC1CC2. The highest BCUT2D eigenvalue weighted by atomic mass is 32.2. The third-order valence-corrected chi connectivity index (χ3v) is 3.96. The van der Waals surface area contributed by atoms with Crippen LogP contribution in [0.15, 0.2) is 12.2 Å². The minimum absolute atomic E-state index is 0.357. The smallest absolute Gasteiger partial charge is 0.0555 e. The van der Waals surface area contributed by atoms with E-state index in [-0.39, 0.29) is 0 Å². The van der Waals surface area contributed by atoms with Gasteiger partial charge in [0.2, 0.25) is 0 Å². The van der Waals surface area contributed by atoms with Gasteiger partial charge in [0.05, 0.1) is 6.61 Å². The molecular formula is C8H12OS. The topological polar surface area (TPSA) is 20.2 Å². The lowest BCUT2D eigenvalue weighted by Gasteiger charge is -2.36. The largest absolute Gasteiger partial charge is 0.395 e. The van der Waals surface area contributed by atoms with Crippen molar-refractivity contribution in [3.8, 4) is 0 Å². The number of fused-ring (bicyclic) bond motifs is 2. The highest BCUT2D eigenvalue weighted by Crippen LogP contribution is 2.41. The molecule has 10 heavy (non-hydrogen) atoms. The zero-order valence-corrected chi connectivity index (χ0v) is 6.68. The summed E-state index contributed by atoms with van der Waals surface area (Å²) < 4.78 is 0. The molecule has 0 aromatic carbocycles. The Labute approximate surface area is 65.5 Å². The summed E-state index contributed by atoms with van der Waals surface area (Å²) in [6, 6.07) is 0. The van der Waals surface area contributed by atoms with Crippen molar-refractivity contribution in [2.24, 2.45) is 5.92 Å². The van der Waals surface area contributed by atoms with Gasteiger partial charge >= 0.3 is 0 Å². The van der Waals surface area contributed by atoms with Crippen molar-refractivity contribution in [3.63, 3.8) is 0 Å². The third-order valence-electron chi connectivity index (χ3n) is 2.36. The lowest BCUT2D eigenvalue weighted by molar-refractivity contribution is 0.267. The average Bonchev–Trinajstić information content (AvgIpc) is 2.06. The molecule has 2 heterocycles. The molecule has 0 radical (unpaired) electrons. The summed E-state index contributed by atoms with van der Waals surface area (Å²) in [5.41, 5.74) is 0. The van der Waals surface area contributed by atoms with E-state index in [2.05, 4.69) is 12.2 Å². The van der Waals surface area contributed by atoms with Gasteiger partial charge < -0.3 is 5.11 Å². The Kier molecular flexibility index (Phi) is 1.75. The van der Waals surface area contributed by atoms with Crippen LogP contribution in [0.1, 0.15) is 12.8 Å². The van der Waals surface area contributed by atoms with Gasteiger partial charge in [0, 0.05) is 10.5 Å². The first-order valence-electron chi connectivity index (χ1n) is 3.85. The Morgan fingerprint density at radius 1 is 1.40 bits per heavy atom. The van der Waals surface area contributed by atoms with E-state index in [9.17, 15) is 0 Å². The molecule has 1 saturated heterocycles. The molecule has 3 atom stereocenters. The van der Waals surface area contributed by atoms with Crippen molar-refractivity contribution in [2.75, 3.05) is 6.61 Å². The van der Waals surface area contributed by atoms with Crippen LogP contribution in [-0.2, 0) is 0 Å². The molecular weight excluding hydrogens is 144 g/mol. The predicted octanol–water partition coefficient (Wildman–Crippen LogP) is 1.43. The van der Waals surface area contributed by atoms with Gasteiger partial charge in [0.1, 0.15) is 0 Å². The maximum absolute atomic E-state index is 8.96. The van der Waals surface area contributed by atoms with E-state index in [0.29, 0.717) is 23.0 Å². The second-order valence-electron chi connectivity index (χ2n) is 3.02. The molecule has 2 bridgehead atoms. The summed E-state index contributed by atoms with van der Waals surface area (Å²) in [5.74, 6) is 0.667. The first kappa shape index (κ1) is 6.74. The van der Waals surface area contributed by atoms with E-state index in [1.165, 1.54) is 12.8 Å². The Bertz CT molecular complexity index is 155. The van der Waals surface area contributed by atoms with Gasteiger partial charge in [-0.15, -0.1) is 11.8 Å². The van der Waals surface area contributed by atoms with Gasteiger partial charge in [0.25, 0.3) is 0 Å². The molecule has 3 unspecified atom stereocenters. The molecule has 3 rings (SSSR count). The summed E-state index contributed by atoms with van der Waals surface area (Å²) in [7, 11) is 0. The number of aliphatic hydroxyl groups is 1. The summed E-state index contributed by atoms with van der Waals surface area (Å²) in [5, 5.41) is 10.2. The maximum Gasteiger partial charge on any atom is 0.0555 e. The van der Waals surface area contributed by atoms with Crippen LogP contribution in [-0.4, -0.2) is 22.2 Å². The highest BCUT2D eigenvalue weighted by Gasteiger charge is 2.31. The maximum atomic E-state index is 8.96. The molecule has 1 aliphatic carbocycles. The standard InChI is InChI=1S/C8H12OS/c9-5-8-6-1-3-7(10-8)4-2-6/h1,3,6-9H,2,4-5H2. The molecule has 2 aliphatic heterocycles. The van der Waals surface area contributed by atoms with Crippen LogP contribution in [0.3, 0.4) is 0 Å². The molecule has 2 heteroatoms. The number of hydrogen-bond acceptors (Lipinski definition) is 2. The normalized spacial score (nSPS) is 44.3. The van der Waals surface area contributed by atoms with Crippen molar-refractivity contribution in [2.45, 2.75) is 23.3 Å². The second-order valence-corrected chi connectivity index (χ2v) is 4.50. The highest BCUT2D eigenvalue weighted by molar-refractivity contribution is 8.00. The van der Waals surface area contributed by atoms with Crippen LogP contribution in [0.2, 0.25) is 0 Å². The number of aliphatic hydroxyl groups excluding tert-OH is 1. The Morgan fingerprint density at radius 3 is 2.60 bits per heavy atom. The second kappa shape index (κ2) is 2.59. The lowest BCUT2D eigenvalue weighted by atomic mass is 9.92. The third kappa shape index (κ3) is 0.995. The predicted molar refractivity (Wildman–Crippen MR) is 44.1 cm³/mol. The average molecular weight is 156 g/mol. The van der Waals surface area contributed by atoms with Crippen molar-refractivity contribution < 1.29 is 5.11 Å². The molecule has 1 nitrogen and oxygen atoms in total. The fourth-order valence-corrected chi connectivity index (χ4v) is 3.16. The molecule has 0 aromatic heterocycles. The van der Waals surface area contributed by atoms with Gasteiger partial charge in [-0.3, -0.25) is 0 Å². The molecule has 0 saturated carbocycles.